The summed E-state index contributed by atoms with van der Waals surface area (Å²) in [6.45, 7) is 5.09. The molecule has 0 aromatic carbocycles. The predicted octanol–water partition coefficient (Wildman–Crippen LogP) is 0.314. The molecule has 6 nitrogen and oxygen atoms in total. The lowest BCUT2D eigenvalue weighted by molar-refractivity contribution is -0.143. The summed E-state index contributed by atoms with van der Waals surface area (Å²) < 4.78 is 4.72. The molecule has 1 heterocycles. The fourth-order valence-electron chi connectivity index (χ4n) is 2.03. The van der Waals surface area contributed by atoms with Crippen LogP contribution in [-0.2, 0) is 19.1 Å². The van der Waals surface area contributed by atoms with Crippen LogP contribution in [0.2, 0.25) is 0 Å². The lowest BCUT2D eigenvalue weighted by atomic mass is 10.1. The zero-order chi connectivity index (χ0) is 14.3. The highest BCUT2D eigenvalue weighted by Crippen LogP contribution is 2.18. The molecule has 1 unspecified atom stereocenters. The number of likely N-dealkylation sites (tertiary alicyclic amines) is 1. The van der Waals surface area contributed by atoms with Crippen molar-refractivity contribution in [1.82, 2.24) is 10.2 Å². The van der Waals surface area contributed by atoms with Crippen LogP contribution in [0.1, 0.15) is 33.1 Å². The van der Waals surface area contributed by atoms with Gasteiger partial charge in [-0.25, -0.2) is 0 Å². The average Bonchev–Trinajstić information content (AvgIpc) is 2.75. The molecule has 1 N–H and O–H groups in total. The van der Waals surface area contributed by atoms with E-state index in [2.05, 4.69) is 12.2 Å². The van der Waals surface area contributed by atoms with Crippen molar-refractivity contribution in [3.05, 3.63) is 0 Å². The molecule has 19 heavy (non-hydrogen) atoms. The van der Waals surface area contributed by atoms with Crippen molar-refractivity contribution in [3.8, 4) is 0 Å². The van der Waals surface area contributed by atoms with Gasteiger partial charge < -0.3 is 15.0 Å². The second kappa shape index (κ2) is 7.76. The van der Waals surface area contributed by atoms with Crippen LogP contribution in [0, 0.1) is 5.92 Å². The summed E-state index contributed by atoms with van der Waals surface area (Å²) in [5.74, 6) is -1.04. The Morgan fingerprint density at radius 1 is 1.42 bits per heavy atom. The van der Waals surface area contributed by atoms with Crippen molar-refractivity contribution in [2.75, 3.05) is 26.2 Å². The van der Waals surface area contributed by atoms with Gasteiger partial charge in [0.15, 0.2) is 0 Å². The van der Waals surface area contributed by atoms with Gasteiger partial charge in [-0.15, -0.1) is 0 Å². The molecular formula is C13H22N2O4. The van der Waals surface area contributed by atoms with Crippen LogP contribution in [0.5, 0.6) is 0 Å². The van der Waals surface area contributed by atoms with E-state index >= 15 is 0 Å². The average molecular weight is 270 g/mol. The van der Waals surface area contributed by atoms with Gasteiger partial charge in [0.2, 0.25) is 11.8 Å². The molecule has 1 aliphatic rings. The Labute approximate surface area is 113 Å². The van der Waals surface area contributed by atoms with Crippen molar-refractivity contribution in [2.45, 2.75) is 33.1 Å². The first-order valence-corrected chi connectivity index (χ1v) is 6.79. The Balaban J connectivity index is 2.34. The quantitative estimate of drug-likeness (QED) is 0.676. The Hall–Kier alpha value is -1.59. The molecule has 0 aliphatic carbocycles. The Morgan fingerprint density at radius 2 is 2.16 bits per heavy atom. The van der Waals surface area contributed by atoms with Crippen molar-refractivity contribution >= 4 is 17.8 Å². The lowest BCUT2D eigenvalue weighted by Crippen LogP contribution is -2.36. The minimum atomic E-state index is -0.456. The number of nitrogens with zero attached hydrogens (tertiary/aromatic N) is 1. The van der Waals surface area contributed by atoms with E-state index in [9.17, 15) is 14.4 Å². The monoisotopic (exact) mass is 270 g/mol. The number of carbonyl (C=O) groups excluding carboxylic acids is 3. The molecule has 1 atom stereocenters. The van der Waals surface area contributed by atoms with E-state index in [0.717, 1.165) is 12.8 Å². The van der Waals surface area contributed by atoms with Gasteiger partial charge in [-0.2, -0.15) is 0 Å². The van der Waals surface area contributed by atoms with Gasteiger partial charge in [0.25, 0.3) is 0 Å². The van der Waals surface area contributed by atoms with Gasteiger partial charge in [-0.05, 0) is 13.3 Å². The standard InChI is InChI=1S/C13H22N2O4/c1-3-5-6-15-9-10(7-11(15)16)13(18)14-8-12(17)19-4-2/h10H,3-9H2,1-2H3,(H,14,18). The third kappa shape index (κ3) is 4.89. The fourth-order valence-corrected chi connectivity index (χ4v) is 2.03. The van der Waals surface area contributed by atoms with Crippen molar-refractivity contribution in [3.63, 3.8) is 0 Å². The van der Waals surface area contributed by atoms with Crippen molar-refractivity contribution in [2.24, 2.45) is 5.92 Å². The first-order valence-electron chi connectivity index (χ1n) is 6.79. The molecule has 0 bridgehead atoms. The molecule has 1 fully saturated rings. The summed E-state index contributed by atoms with van der Waals surface area (Å²) in [5, 5.41) is 2.51. The summed E-state index contributed by atoms with van der Waals surface area (Å²) in [6.07, 6.45) is 2.20. The fraction of sp³-hybridized carbons (Fsp3) is 0.769. The molecule has 108 valence electrons. The van der Waals surface area contributed by atoms with Crippen LogP contribution < -0.4 is 5.32 Å². The van der Waals surface area contributed by atoms with E-state index in [1.165, 1.54) is 0 Å². The Bertz CT molecular complexity index is 344. The van der Waals surface area contributed by atoms with E-state index in [0.29, 0.717) is 19.7 Å². The van der Waals surface area contributed by atoms with Gasteiger partial charge in [0.05, 0.1) is 12.5 Å². The van der Waals surface area contributed by atoms with Crippen LogP contribution in [0.25, 0.3) is 0 Å². The molecule has 0 spiro atoms. The summed E-state index contributed by atoms with van der Waals surface area (Å²) >= 11 is 0. The molecule has 1 aliphatic heterocycles. The number of nitrogens with one attached hydrogen (secondary N) is 1. The highest BCUT2D eigenvalue weighted by atomic mass is 16.5. The minimum absolute atomic E-state index is 0.0183. The van der Waals surface area contributed by atoms with Crippen LogP contribution in [0.3, 0.4) is 0 Å². The summed E-state index contributed by atoms with van der Waals surface area (Å²) in [5.41, 5.74) is 0. The van der Waals surface area contributed by atoms with E-state index in [4.69, 9.17) is 4.74 Å². The van der Waals surface area contributed by atoms with E-state index in [1.54, 1.807) is 11.8 Å². The molecule has 6 heteroatoms. The van der Waals surface area contributed by atoms with Crippen molar-refractivity contribution in [1.29, 1.82) is 0 Å². The number of hydrogen-bond donors (Lipinski definition) is 1. The van der Waals surface area contributed by atoms with Gasteiger partial charge in [0.1, 0.15) is 6.54 Å². The molecule has 1 rings (SSSR count). The number of esters is 1. The van der Waals surface area contributed by atoms with Gasteiger partial charge >= 0.3 is 5.97 Å². The number of amides is 2. The van der Waals surface area contributed by atoms with E-state index < -0.39 is 5.97 Å². The van der Waals surface area contributed by atoms with Crippen molar-refractivity contribution < 1.29 is 19.1 Å². The highest BCUT2D eigenvalue weighted by molar-refractivity contribution is 5.90. The maximum Gasteiger partial charge on any atom is 0.325 e. The molecule has 0 radical (unpaired) electrons. The van der Waals surface area contributed by atoms with Gasteiger partial charge in [-0.3, -0.25) is 14.4 Å². The van der Waals surface area contributed by atoms with Crippen LogP contribution in [0.15, 0.2) is 0 Å². The van der Waals surface area contributed by atoms with Crippen LogP contribution in [0.4, 0.5) is 0 Å². The molecule has 0 aromatic heterocycles. The molecular weight excluding hydrogens is 248 g/mol. The number of carbonyl (C=O) groups is 3. The zero-order valence-electron chi connectivity index (χ0n) is 11.6. The van der Waals surface area contributed by atoms with E-state index in [-0.39, 0.29) is 30.7 Å². The van der Waals surface area contributed by atoms with E-state index in [1.807, 2.05) is 0 Å². The second-order valence-corrected chi connectivity index (χ2v) is 4.62. The third-order valence-corrected chi connectivity index (χ3v) is 3.08. The molecule has 0 aromatic rings. The number of rotatable bonds is 7. The third-order valence-electron chi connectivity index (χ3n) is 3.08. The van der Waals surface area contributed by atoms with Crippen LogP contribution in [-0.4, -0.2) is 48.9 Å². The number of hydrogen-bond acceptors (Lipinski definition) is 4. The predicted molar refractivity (Wildman–Crippen MR) is 69.2 cm³/mol. The molecule has 0 saturated carbocycles. The maximum absolute atomic E-state index is 11.8. The SMILES string of the molecule is CCCCN1CC(C(=O)NCC(=O)OCC)CC1=O. The van der Waals surface area contributed by atoms with Gasteiger partial charge in [0, 0.05) is 19.5 Å². The smallest absolute Gasteiger partial charge is 0.325 e. The molecule has 2 amide bonds. The summed E-state index contributed by atoms with van der Waals surface area (Å²) in [4.78, 5) is 36.3. The topological polar surface area (TPSA) is 75.7 Å². The van der Waals surface area contributed by atoms with Crippen LogP contribution >= 0.6 is 0 Å². The normalized spacial score (nSPS) is 18.5. The highest BCUT2D eigenvalue weighted by Gasteiger charge is 2.33. The first-order chi connectivity index (χ1) is 9.08. The number of ether oxygens (including phenoxy) is 1. The molecule has 1 saturated heterocycles. The zero-order valence-corrected chi connectivity index (χ0v) is 11.6. The lowest BCUT2D eigenvalue weighted by Gasteiger charge is -2.15. The summed E-state index contributed by atoms with van der Waals surface area (Å²) in [6, 6.07) is 0. The first kappa shape index (κ1) is 15.5. The number of unbranched alkanes of at least 4 members (excludes halogenated alkanes) is 1. The second-order valence-electron chi connectivity index (χ2n) is 4.62. The Kier molecular flexibility index (Phi) is 6.32. The summed E-state index contributed by atoms with van der Waals surface area (Å²) in [7, 11) is 0. The van der Waals surface area contributed by atoms with Gasteiger partial charge in [-0.1, -0.05) is 13.3 Å². The maximum atomic E-state index is 11.8. The Morgan fingerprint density at radius 3 is 2.79 bits per heavy atom. The minimum Gasteiger partial charge on any atom is -0.465 e. The largest absolute Gasteiger partial charge is 0.465 e.